The molecule has 4 heterocycles. The Hall–Kier alpha value is -1.83. The van der Waals surface area contributed by atoms with Crippen molar-refractivity contribution in [3.05, 3.63) is 23.1 Å². The number of hydrogen-bond donors (Lipinski definition) is 1. The summed E-state index contributed by atoms with van der Waals surface area (Å²) in [6.45, 7) is 10.6. The fourth-order valence-electron chi connectivity index (χ4n) is 3.71. The summed E-state index contributed by atoms with van der Waals surface area (Å²) in [6, 6.07) is 0. The van der Waals surface area contributed by atoms with Crippen LogP contribution in [0, 0.1) is 0 Å². The predicted octanol–water partition coefficient (Wildman–Crippen LogP) is 4.27. The summed E-state index contributed by atoms with van der Waals surface area (Å²) in [6.07, 6.45) is 2.50. The van der Waals surface area contributed by atoms with E-state index in [-0.39, 0.29) is 5.60 Å². The molecule has 0 aliphatic carbocycles. The molecule has 6 nitrogen and oxygen atoms in total. The van der Waals surface area contributed by atoms with Crippen LogP contribution in [0.3, 0.4) is 0 Å². The molecule has 4 rings (SSSR count). The quantitative estimate of drug-likeness (QED) is 0.660. The molecule has 0 spiro atoms. The Morgan fingerprint density at radius 3 is 2.85 bits per heavy atom. The molecule has 144 valence electrons. The van der Waals surface area contributed by atoms with Crippen molar-refractivity contribution in [1.29, 1.82) is 0 Å². The van der Waals surface area contributed by atoms with Crippen LogP contribution in [0.25, 0.3) is 20.4 Å². The lowest BCUT2D eigenvalue weighted by Crippen LogP contribution is -2.32. The molecular weight excluding hydrogens is 360 g/mol. The molecule has 0 fully saturated rings. The van der Waals surface area contributed by atoms with Crippen molar-refractivity contribution < 1.29 is 9.47 Å². The third kappa shape index (κ3) is 3.28. The highest BCUT2D eigenvalue weighted by Gasteiger charge is 2.32. The van der Waals surface area contributed by atoms with E-state index in [2.05, 4.69) is 43.0 Å². The summed E-state index contributed by atoms with van der Waals surface area (Å²) in [4.78, 5) is 15.2. The number of ether oxygens (including phenoxy) is 2. The maximum absolute atomic E-state index is 6.11. The van der Waals surface area contributed by atoms with Gasteiger partial charge in [0.05, 0.1) is 34.7 Å². The van der Waals surface area contributed by atoms with Crippen molar-refractivity contribution in [2.24, 2.45) is 0 Å². The van der Waals surface area contributed by atoms with Crippen molar-refractivity contribution in [3.63, 3.8) is 0 Å². The topological polar surface area (TPSA) is 69.2 Å². The Morgan fingerprint density at radius 1 is 1.30 bits per heavy atom. The van der Waals surface area contributed by atoms with E-state index < -0.39 is 0 Å². The average Bonchev–Trinajstić information content (AvgIpc) is 3.00. The van der Waals surface area contributed by atoms with Crippen molar-refractivity contribution in [2.45, 2.75) is 52.2 Å². The minimum Gasteiger partial charge on any atom is -0.383 e. The smallest absolute Gasteiger partial charge is 0.147 e. The second-order valence-electron chi connectivity index (χ2n) is 7.94. The van der Waals surface area contributed by atoms with Gasteiger partial charge in [0.25, 0.3) is 0 Å². The van der Waals surface area contributed by atoms with Crippen molar-refractivity contribution in [2.75, 3.05) is 25.6 Å². The van der Waals surface area contributed by atoms with Gasteiger partial charge < -0.3 is 14.8 Å². The van der Waals surface area contributed by atoms with Crippen LogP contribution in [-0.4, -0.2) is 40.8 Å². The number of pyridine rings is 1. The molecular formula is C20H26N4O2S. The van der Waals surface area contributed by atoms with Gasteiger partial charge in [-0.25, -0.2) is 15.0 Å². The van der Waals surface area contributed by atoms with Gasteiger partial charge in [0.2, 0.25) is 0 Å². The first kappa shape index (κ1) is 18.5. The molecule has 0 bridgehead atoms. The zero-order valence-electron chi connectivity index (χ0n) is 16.5. The zero-order chi connectivity index (χ0) is 19.2. The number of anilines is 1. The first-order chi connectivity index (χ1) is 12.9. The molecule has 3 aromatic rings. The first-order valence-electron chi connectivity index (χ1n) is 9.37. The average molecular weight is 387 g/mol. The number of nitrogens with one attached hydrogen (secondary N) is 1. The Labute approximate surface area is 163 Å². The van der Waals surface area contributed by atoms with Gasteiger partial charge in [0, 0.05) is 31.0 Å². The van der Waals surface area contributed by atoms with Crippen LogP contribution < -0.4 is 5.32 Å². The molecule has 27 heavy (non-hydrogen) atoms. The largest absolute Gasteiger partial charge is 0.383 e. The van der Waals surface area contributed by atoms with Crippen LogP contribution >= 0.6 is 11.3 Å². The van der Waals surface area contributed by atoms with E-state index in [1.54, 1.807) is 24.8 Å². The number of thiophene rings is 1. The van der Waals surface area contributed by atoms with Crippen LogP contribution in [0.2, 0.25) is 0 Å². The molecule has 1 aliphatic rings. The fraction of sp³-hybridized carbons (Fsp3) is 0.550. The highest BCUT2D eigenvalue weighted by Crippen LogP contribution is 2.43. The summed E-state index contributed by atoms with van der Waals surface area (Å²) in [7, 11) is 1.70. The summed E-state index contributed by atoms with van der Waals surface area (Å²) < 4.78 is 12.3. The highest BCUT2D eigenvalue weighted by molar-refractivity contribution is 7.26. The van der Waals surface area contributed by atoms with Crippen molar-refractivity contribution in [3.8, 4) is 0 Å². The van der Waals surface area contributed by atoms with Gasteiger partial charge in [-0.3, -0.25) is 0 Å². The SMILES string of the molecule is COCCNc1ncnc2c1sc1nc(C(C)C)c3c(c12)CC(C)(C)OC3. The molecule has 1 aliphatic heterocycles. The van der Waals surface area contributed by atoms with E-state index in [1.807, 2.05) is 0 Å². The summed E-state index contributed by atoms with van der Waals surface area (Å²) in [5, 5.41) is 4.53. The number of fused-ring (bicyclic) bond motifs is 5. The lowest BCUT2D eigenvalue weighted by atomic mass is 9.87. The molecule has 0 saturated carbocycles. The second kappa shape index (κ2) is 6.96. The molecule has 3 aromatic heterocycles. The molecule has 0 radical (unpaired) electrons. The lowest BCUT2D eigenvalue weighted by Gasteiger charge is -2.33. The highest BCUT2D eigenvalue weighted by atomic mass is 32.1. The number of methoxy groups -OCH3 is 1. The molecule has 0 atom stereocenters. The molecule has 0 amide bonds. The Morgan fingerprint density at radius 2 is 2.11 bits per heavy atom. The minimum atomic E-state index is -0.184. The van der Waals surface area contributed by atoms with Crippen molar-refractivity contribution >= 4 is 37.6 Å². The van der Waals surface area contributed by atoms with Crippen LogP contribution in [0.5, 0.6) is 0 Å². The van der Waals surface area contributed by atoms with Crippen LogP contribution in [0.15, 0.2) is 6.33 Å². The fourth-order valence-corrected chi connectivity index (χ4v) is 4.84. The summed E-state index contributed by atoms with van der Waals surface area (Å²) in [5.74, 6) is 1.20. The van der Waals surface area contributed by atoms with Gasteiger partial charge in [-0.2, -0.15) is 0 Å². The molecule has 7 heteroatoms. The Bertz CT molecular complexity index is 997. The number of rotatable bonds is 5. The monoisotopic (exact) mass is 386 g/mol. The summed E-state index contributed by atoms with van der Waals surface area (Å²) >= 11 is 1.67. The third-order valence-corrected chi connectivity index (χ3v) is 6.09. The lowest BCUT2D eigenvalue weighted by molar-refractivity contribution is -0.0402. The van der Waals surface area contributed by atoms with Gasteiger partial charge in [-0.05, 0) is 25.3 Å². The van der Waals surface area contributed by atoms with Crippen LogP contribution in [-0.2, 0) is 22.5 Å². The van der Waals surface area contributed by atoms with E-state index in [9.17, 15) is 0 Å². The van der Waals surface area contributed by atoms with Gasteiger partial charge in [0.15, 0.2) is 0 Å². The maximum atomic E-state index is 6.11. The van der Waals surface area contributed by atoms with Gasteiger partial charge in [-0.1, -0.05) is 13.8 Å². The number of aromatic nitrogens is 3. The third-order valence-electron chi connectivity index (χ3n) is 5.01. The predicted molar refractivity (Wildman–Crippen MR) is 110 cm³/mol. The Balaban J connectivity index is 1.96. The van der Waals surface area contributed by atoms with Crippen LogP contribution in [0.4, 0.5) is 5.82 Å². The minimum absolute atomic E-state index is 0.184. The number of nitrogens with zero attached hydrogens (tertiary/aromatic N) is 3. The van der Waals surface area contributed by atoms with Gasteiger partial charge >= 0.3 is 0 Å². The molecule has 0 saturated heterocycles. The Kier molecular flexibility index (Phi) is 4.78. The zero-order valence-corrected chi connectivity index (χ0v) is 17.4. The first-order valence-corrected chi connectivity index (χ1v) is 10.2. The molecule has 1 N–H and O–H groups in total. The summed E-state index contributed by atoms with van der Waals surface area (Å²) in [5.41, 5.74) is 4.52. The van der Waals surface area contributed by atoms with E-state index in [0.29, 0.717) is 25.7 Å². The molecule has 0 aromatic carbocycles. The standard InChI is InChI=1S/C20H26N4O2S/c1-11(2)15-13-9-26-20(3,4)8-12(13)14-16-17(27-19(14)24-15)18(23-10-22-16)21-6-7-25-5/h10-11H,6-9H2,1-5H3,(H,21,22,23). The second-order valence-corrected chi connectivity index (χ2v) is 8.93. The van der Waals surface area contributed by atoms with E-state index in [1.165, 1.54) is 16.5 Å². The van der Waals surface area contributed by atoms with E-state index in [0.717, 1.165) is 33.0 Å². The normalized spacial score (nSPS) is 16.2. The molecule has 0 unspecified atom stereocenters. The van der Waals surface area contributed by atoms with Crippen molar-refractivity contribution in [1.82, 2.24) is 15.0 Å². The van der Waals surface area contributed by atoms with Gasteiger partial charge in [0.1, 0.15) is 17.0 Å². The van der Waals surface area contributed by atoms with Gasteiger partial charge in [-0.15, -0.1) is 11.3 Å². The maximum Gasteiger partial charge on any atom is 0.147 e. The van der Waals surface area contributed by atoms with Crippen LogP contribution in [0.1, 0.15) is 50.4 Å². The van der Waals surface area contributed by atoms with E-state index >= 15 is 0 Å². The number of hydrogen-bond acceptors (Lipinski definition) is 7. The van der Waals surface area contributed by atoms with E-state index in [4.69, 9.17) is 14.5 Å².